The molecule has 4 rings (SSSR count). The van der Waals surface area contributed by atoms with E-state index in [1.54, 1.807) is 23.5 Å². The van der Waals surface area contributed by atoms with E-state index in [4.69, 9.17) is 0 Å². The molecule has 2 aliphatic rings. The normalized spacial score (nSPS) is 19.3. The first-order valence-corrected chi connectivity index (χ1v) is 11.9. The summed E-state index contributed by atoms with van der Waals surface area (Å²) >= 11 is 1.55. The molecule has 0 radical (unpaired) electrons. The van der Waals surface area contributed by atoms with Crippen molar-refractivity contribution in [2.24, 2.45) is 0 Å². The van der Waals surface area contributed by atoms with E-state index >= 15 is 0 Å². The lowest BCUT2D eigenvalue weighted by Crippen LogP contribution is -2.47. The standard InChI is InChI=1S/C20H23N3O4S2/c1-14(24)23-18-7-6-17(29(26,27)22-8-2-3-9-22)11-15(18)12-19(23)20(25)21-13-16-5-4-10-28-16/h4-7,10-11,19H,2-3,8-9,12-13H2,1H3,(H,21,25)/t19-/m0/s1. The highest BCUT2D eigenvalue weighted by atomic mass is 32.2. The van der Waals surface area contributed by atoms with Gasteiger partial charge >= 0.3 is 0 Å². The number of benzene rings is 1. The smallest absolute Gasteiger partial charge is 0.243 e. The summed E-state index contributed by atoms with van der Waals surface area (Å²) in [5.41, 5.74) is 1.31. The second kappa shape index (κ2) is 7.89. The van der Waals surface area contributed by atoms with E-state index in [9.17, 15) is 18.0 Å². The summed E-state index contributed by atoms with van der Waals surface area (Å²) < 4.78 is 27.2. The maximum atomic E-state index is 12.9. The Morgan fingerprint density at radius 3 is 2.62 bits per heavy atom. The van der Waals surface area contributed by atoms with Crippen molar-refractivity contribution in [3.05, 3.63) is 46.2 Å². The van der Waals surface area contributed by atoms with Crippen molar-refractivity contribution in [2.75, 3.05) is 18.0 Å². The van der Waals surface area contributed by atoms with E-state index in [2.05, 4.69) is 5.32 Å². The third-order valence-corrected chi connectivity index (χ3v) is 8.17. The molecular weight excluding hydrogens is 410 g/mol. The van der Waals surface area contributed by atoms with Crippen LogP contribution in [-0.4, -0.2) is 43.7 Å². The summed E-state index contributed by atoms with van der Waals surface area (Å²) in [7, 11) is -3.54. The number of fused-ring (bicyclic) bond motifs is 1. The van der Waals surface area contributed by atoms with E-state index in [0.29, 0.717) is 37.3 Å². The summed E-state index contributed by atoms with van der Waals surface area (Å²) in [6.07, 6.45) is 2.04. The number of rotatable bonds is 5. The Labute approximate surface area is 174 Å². The number of hydrogen-bond donors (Lipinski definition) is 1. The quantitative estimate of drug-likeness (QED) is 0.783. The molecule has 154 valence electrons. The van der Waals surface area contributed by atoms with E-state index in [1.807, 2.05) is 17.5 Å². The van der Waals surface area contributed by atoms with Gasteiger partial charge in [0.1, 0.15) is 6.04 Å². The van der Waals surface area contributed by atoms with Crippen LogP contribution in [0, 0.1) is 0 Å². The third-order valence-electron chi connectivity index (χ3n) is 5.40. The average molecular weight is 434 g/mol. The zero-order valence-corrected chi connectivity index (χ0v) is 17.8. The first kappa shape index (κ1) is 20.1. The molecule has 1 saturated heterocycles. The van der Waals surface area contributed by atoms with Crippen LogP contribution in [0.25, 0.3) is 0 Å². The van der Waals surface area contributed by atoms with Crippen molar-refractivity contribution in [2.45, 2.75) is 43.7 Å². The topological polar surface area (TPSA) is 86.8 Å². The number of nitrogens with one attached hydrogen (secondary N) is 1. The summed E-state index contributed by atoms with van der Waals surface area (Å²) in [6.45, 7) is 2.90. The maximum Gasteiger partial charge on any atom is 0.243 e. The van der Waals surface area contributed by atoms with Gasteiger partial charge in [-0.3, -0.25) is 14.5 Å². The molecule has 0 saturated carbocycles. The minimum absolute atomic E-state index is 0.223. The van der Waals surface area contributed by atoms with Crippen LogP contribution in [0.2, 0.25) is 0 Å². The van der Waals surface area contributed by atoms with Crippen molar-refractivity contribution in [3.8, 4) is 0 Å². The second-order valence-corrected chi connectivity index (χ2v) is 10.3. The van der Waals surface area contributed by atoms with Gasteiger partial charge in [-0.1, -0.05) is 6.07 Å². The molecule has 7 nitrogen and oxygen atoms in total. The fraction of sp³-hybridized carbons (Fsp3) is 0.400. The van der Waals surface area contributed by atoms with E-state index in [1.165, 1.54) is 22.2 Å². The zero-order valence-electron chi connectivity index (χ0n) is 16.1. The number of carbonyl (C=O) groups excluding carboxylic acids is 2. The van der Waals surface area contributed by atoms with Crippen molar-refractivity contribution in [1.29, 1.82) is 0 Å². The molecule has 29 heavy (non-hydrogen) atoms. The number of sulfonamides is 1. The fourth-order valence-electron chi connectivity index (χ4n) is 3.97. The number of hydrogen-bond acceptors (Lipinski definition) is 5. The molecule has 0 bridgehead atoms. The zero-order chi connectivity index (χ0) is 20.6. The van der Waals surface area contributed by atoms with Crippen molar-refractivity contribution in [3.63, 3.8) is 0 Å². The lowest BCUT2D eigenvalue weighted by Gasteiger charge is -2.23. The molecule has 2 amide bonds. The van der Waals surface area contributed by atoms with Gasteiger partial charge in [0.15, 0.2) is 0 Å². The lowest BCUT2D eigenvalue weighted by atomic mass is 10.1. The molecule has 0 spiro atoms. The van der Waals surface area contributed by atoms with E-state index < -0.39 is 16.1 Å². The first-order valence-electron chi connectivity index (χ1n) is 9.61. The van der Waals surface area contributed by atoms with E-state index in [0.717, 1.165) is 17.7 Å². The molecule has 3 heterocycles. The van der Waals surface area contributed by atoms with Crippen LogP contribution in [-0.2, 0) is 32.6 Å². The number of thiophene rings is 1. The highest BCUT2D eigenvalue weighted by molar-refractivity contribution is 7.89. The van der Waals surface area contributed by atoms with Gasteiger partial charge in [-0.15, -0.1) is 11.3 Å². The van der Waals surface area contributed by atoms with Crippen LogP contribution in [0.4, 0.5) is 5.69 Å². The molecule has 0 aliphatic carbocycles. The van der Waals surface area contributed by atoms with Gasteiger partial charge in [0.2, 0.25) is 21.8 Å². The second-order valence-electron chi connectivity index (χ2n) is 7.31. The number of amides is 2. The number of nitrogens with zero attached hydrogens (tertiary/aromatic N) is 2. The first-order chi connectivity index (χ1) is 13.9. The predicted molar refractivity (Wildman–Crippen MR) is 111 cm³/mol. The minimum Gasteiger partial charge on any atom is -0.349 e. The van der Waals surface area contributed by atoms with Crippen molar-refractivity contribution in [1.82, 2.24) is 9.62 Å². The molecular formula is C20H23N3O4S2. The Hall–Kier alpha value is -2.23. The Balaban J connectivity index is 1.57. The Morgan fingerprint density at radius 1 is 1.21 bits per heavy atom. The Bertz CT molecular complexity index is 1030. The molecule has 2 aliphatic heterocycles. The van der Waals surface area contributed by atoms with Crippen molar-refractivity contribution >= 4 is 38.9 Å². The SMILES string of the molecule is CC(=O)N1c2ccc(S(=O)(=O)N3CCCC3)cc2C[C@H]1C(=O)NCc1cccs1. The van der Waals surface area contributed by atoms with Crippen LogP contribution in [0.1, 0.15) is 30.2 Å². The monoisotopic (exact) mass is 433 g/mol. The molecule has 1 fully saturated rings. The minimum atomic E-state index is -3.54. The van der Waals surface area contributed by atoms with Gasteiger partial charge in [0.25, 0.3) is 0 Å². The largest absolute Gasteiger partial charge is 0.349 e. The summed E-state index contributed by atoms with van der Waals surface area (Å²) in [5, 5.41) is 4.83. The van der Waals surface area contributed by atoms with Crippen LogP contribution in [0.3, 0.4) is 0 Å². The molecule has 1 aromatic heterocycles. The highest BCUT2D eigenvalue weighted by Gasteiger charge is 2.38. The Morgan fingerprint density at radius 2 is 1.97 bits per heavy atom. The van der Waals surface area contributed by atoms with Gasteiger partial charge in [-0.25, -0.2) is 8.42 Å². The van der Waals surface area contributed by atoms with Gasteiger partial charge in [0, 0.05) is 37.0 Å². The van der Waals surface area contributed by atoms with Gasteiger partial charge in [-0.05, 0) is 48.1 Å². The lowest BCUT2D eigenvalue weighted by molar-refractivity contribution is -0.125. The van der Waals surface area contributed by atoms with Crippen LogP contribution in [0.5, 0.6) is 0 Å². The molecule has 2 aromatic rings. The van der Waals surface area contributed by atoms with Crippen LogP contribution in [0.15, 0.2) is 40.6 Å². The highest BCUT2D eigenvalue weighted by Crippen LogP contribution is 2.35. The summed E-state index contributed by atoms with van der Waals surface area (Å²) in [5.74, 6) is -0.482. The van der Waals surface area contributed by atoms with E-state index in [-0.39, 0.29) is 16.7 Å². The fourth-order valence-corrected chi connectivity index (χ4v) is 6.18. The molecule has 1 atom stereocenters. The molecule has 9 heteroatoms. The summed E-state index contributed by atoms with van der Waals surface area (Å²) in [6, 6.07) is 7.98. The average Bonchev–Trinajstić information content (AvgIpc) is 3.45. The number of carbonyl (C=O) groups is 2. The van der Waals surface area contributed by atoms with Gasteiger partial charge in [-0.2, -0.15) is 4.31 Å². The molecule has 1 aromatic carbocycles. The Kier molecular flexibility index (Phi) is 5.46. The van der Waals surface area contributed by atoms with Crippen molar-refractivity contribution < 1.29 is 18.0 Å². The molecule has 0 unspecified atom stereocenters. The maximum absolute atomic E-state index is 12.9. The van der Waals surface area contributed by atoms with Gasteiger partial charge in [0.05, 0.1) is 11.4 Å². The van der Waals surface area contributed by atoms with Crippen LogP contribution >= 0.6 is 11.3 Å². The third kappa shape index (κ3) is 3.82. The molecule has 1 N–H and O–H groups in total. The summed E-state index contributed by atoms with van der Waals surface area (Å²) in [4.78, 5) is 27.8. The van der Waals surface area contributed by atoms with Gasteiger partial charge < -0.3 is 5.32 Å². The number of anilines is 1. The predicted octanol–water partition coefficient (Wildman–Crippen LogP) is 2.13. The van der Waals surface area contributed by atoms with Crippen LogP contribution < -0.4 is 10.2 Å².